The second-order valence-electron chi connectivity index (χ2n) is 3.84. The highest BCUT2D eigenvalue weighted by Crippen LogP contribution is 2.15. The largest absolute Gasteiger partial charge is 0.369 e. The van der Waals surface area contributed by atoms with Crippen LogP contribution in [-0.2, 0) is 0 Å². The van der Waals surface area contributed by atoms with E-state index < -0.39 is 0 Å². The van der Waals surface area contributed by atoms with E-state index in [2.05, 4.69) is 9.97 Å². The van der Waals surface area contributed by atoms with Crippen molar-refractivity contribution in [2.45, 2.75) is 18.9 Å². The molecule has 1 saturated heterocycles. The molecule has 82 valence electrons. The molecule has 0 spiro atoms. The van der Waals surface area contributed by atoms with Crippen LogP contribution in [0.3, 0.4) is 0 Å². The second-order valence-corrected chi connectivity index (χ2v) is 3.84. The first-order valence-corrected chi connectivity index (χ1v) is 5.02. The lowest BCUT2D eigenvalue weighted by Gasteiger charge is -2.31. The van der Waals surface area contributed by atoms with Crippen molar-refractivity contribution in [3.63, 3.8) is 0 Å². The monoisotopic (exact) mass is 209 g/mol. The molecule has 1 aliphatic heterocycles. The Morgan fingerprint density at radius 1 is 1.60 bits per heavy atom. The van der Waals surface area contributed by atoms with Gasteiger partial charge in [0.25, 0.3) is 5.56 Å². The summed E-state index contributed by atoms with van der Waals surface area (Å²) >= 11 is 0. The van der Waals surface area contributed by atoms with Crippen LogP contribution >= 0.6 is 0 Å². The Hall–Kier alpha value is -1.56. The van der Waals surface area contributed by atoms with Crippen molar-refractivity contribution < 1.29 is 0 Å². The summed E-state index contributed by atoms with van der Waals surface area (Å²) in [4.78, 5) is 19.7. The zero-order valence-corrected chi connectivity index (χ0v) is 8.44. The second kappa shape index (κ2) is 3.90. The summed E-state index contributed by atoms with van der Waals surface area (Å²) < 4.78 is 0. The van der Waals surface area contributed by atoms with Gasteiger partial charge in [-0.05, 0) is 12.8 Å². The van der Waals surface area contributed by atoms with E-state index in [1.807, 2.05) is 4.90 Å². The smallest absolute Gasteiger partial charge is 0.254 e. The maximum Gasteiger partial charge on any atom is 0.254 e. The van der Waals surface area contributed by atoms with Crippen LogP contribution in [-0.4, -0.2) is 29.1 Å². The standard InChI is InChI=1S/C9H15N5O/c10-6-2-1-3-14(5-6)7-4-8(15)13-9(11)12-7/h4,6H,1-3,5,10H2,(H3,11,12,13,15)/t6-/m0/s1. The summed E-state index contributed by atoms with van der Waals surface area (Å²) in [7, 11) is 0. The fourth-order valence-corrected chi connectivity index (χ4v) is 1.84. The molecule has 0 bridgehead atoms. The minimum absolute atomic E-state index is 0.150. The van der Waals surface area contributed by atoms with Crippen LogP contribution in [0.15, 0.2) is 10.9 Å². The van der Waals surface area contributed by atoms with Crippen LogP contribution in [0.1, 0.15) is 12.8 Å². The van der Waals surface area contributed by atoms with Crippen LogP contribution in [0.25, 0.3) is 0 Å². The van der Waals surface area contributed by atoms with Gasteiger partial charge >= 0.3 is 0 Å². The number of aromatic nitrogens is 2. The highest BCUT2D eigenvalue weighted by atomic mass is 16.1. The van der Waals surface area contributed by atoms with Gasteiger partial charge in [0.05, 0.1) is 0 Å². The average Bonchev–Trinajstić information content (AvgIpc) is 2.16. The molecule has 0 aromatic carbocycles. The number of H-pyrrole nitrogens is 1. The fourth-order valence-electron chi connectivity index (χ4n) is 1.84. The number of nitrogens with zero attached hydrogens (tertiary/aromatic N) is 2. The van der Waals surface area contributed by atoms with Gasteiger partial charge in [-0.15, -0.1) is 0 Å². The Kier molecular flexibility index (Phi) is 2.59. The van der Waals surface area contributed by atoms with Gasteiger partial charge in [0.2, 0.25) is 5.95 Å². The summed E-state index contributed by atoms with van der Waals surface area (Å²) in [6.07, 6.45) is 2.05. The molecular weight excluding hydrogens is 194 g/mol. The highest BCUT2D eigenvalue weighted by Gasteiger charge is 2.18. The first-order valence-electron chi connectivity index (χ1n) is 5.02. The molecule has 15 heavy (non-hydrogen) atoms. The number of hydrogen-bond donors (Lipinski definition) is 3. The van der Waals surface area contributed by atoms with Crippen molar-refractivity contribution in [3.8, 4) is 0 Å². The molecule has 1 fully saturated rings. The maximum absolute atomic E-state index is 11.2. The van der Waals surface area contributed by atoms with E-state index >= 15 is 0 Å². The number of rotatable bonds is 1. The van der Waals surface area contributed by atoms with E-state index in [1.54, 1.807) is 0 Å². The Balaban J connectivity index is 2.24. The zero-order valence-electron chi connectivity index (χ0n) is 8.44. The van der Waals surface area contributed by atoms with Crippen molar-refractivity contribution in [3.05, 3.63) is 16.4 Å². The van der Waals surface area contributed by atoms with Gasteiger partial charge in [-0.3, -0.25) is 9.78 Å². The number of aromatic amines is 1. The minimum Gasteiger partial charge on any atom is -0.369 e. The van der Waals surface area contributed by atoms with E-state index in [1.165, 1.54) is 6.07 Å². The van der Waals surface area contributed by atoms with Crippen molar-refractivity contribution in [2.75, 3.05) is 23.7 Å². The van der Waals surface area contributed by atoms with Crippen LogP contribution in [0.4, 0.5) is 11.8 Å². The normalized spacial score (nSPS) is 21.7. The number of nitrogens with two attached hydrogens (primary N) is 2. The SMILES string of the molecule is Nc1nc(N2CCC[C@H](N)C2)cc(=O)[nH]1. The van der Waals surface area contributed by atoms with Crippen LogP contribution in [0.2, 0.25) is 0 Å². The van der Waals surface area contributed by atoms with E-state index in [0.29, 0.717) is 5.82 Å². The van der Waals surface area contributed by atoms with Crippen molar-refractivity contribution in [2.24, 2.45) is 5.73 Å². The first kappa shape index (κ1) is 9.97. The van der Waals surface area contributed by atoms with Crippen LogP contribution in [0.5, 0.6) is 0 Å². The molecule has 0 amide bonds. The molecular formula is C9H15N5O. The molecule has 1 aromatic rings. The summed E-state index contributed by atoms with van der Waals surface area (Å²) in [6.45, 7) is 1.61. The average molecular weight is 209 g/mol. The Bertz CT molecular complexity index is 402. The minimum atomic E-state index is -0.225. The third-order valence-electron chi connectivity index (χ3n) is 2.53. The number of nitrogens with one attached hydrogen (secondary N) is 1. The molecule has 0 aliphatic carbocycles. The van der Waals surface area contributed by atoms with Gasteiger partial charge in [0.1, 0.15) is 5.82 Å². The lowest BCUT2D eigenvalue weighted by atomic mass is 10.1. The Morgan fingerprint density at radius 2 is 2.40 bits per heavy atom. The number of nitrogen functional groups attached to an aromatic ring is 1. The van der Waals surface area contributed by atoms with Gasteiger partial charge < -0.3 is 16.4 Å². The summed E-state index contributed by atoms with van der Waals surface area (Å²) in [6, 6.07) is 1.61. The summed E-state index contributed by atoms with van der Waals surface area (Å²) in [5, 5.41) is 0. The molecule has 1 aliphatic rings. The molecule has 1 aromatic heterocycles. The van der Waals surface area contributed by atoms with E-state index in [-0.39, 0.29) is 17.5 Å². The lowest BCUT2D eigenvalue weighted by molar-refractivity contribution is 0.503. The van der Waals surface area contributed by atoms with Crippen molar-refractivity contribution >= 4 is 11.8 Å². The fraction of sp³-hybridized carbons (Fsp3) is 0.556. The van der Waals surface area contributed by atoms with Gasteiger partial charge in [-0.1, -0.05) is 0 Å². The van der Waals surface area contributed by atoms with Gasteiger partial charge in [0.15, 0.2) is 0 Å². The van der Waals surface area contributed by atoms with Crippen molar-refractivity contribution in [1.82, 2.24) is 9.97 Å². The van der Waals surface area contributed by atoms with Crippen LogP contribution < -0.4 is 21.9 Å². The molecule has 5 N–H and O–H groups in total. The van der Waals surface area contributed by atoms with Gasteiger partial charge in [-0.2, -0.15) is 4.98 Å². The molecule has 0 unspecified atom stereocenters. The summed E-state index contributed by atoms with van der Waals surface area (Å²) in [5.74, 6) is 0.767. The number of piperidine rings is 1. The third-order valence-corrected chi connectivity index (χ3v) is 2.53. The molecule has 2 rings (SSSR count). The Morgan fingerprint density at radius 3 is 3.07 bits per heavy atom. The quantitative estimate of drug-likeness (QED) is 0.566. The number of anilines is 2. The highest BCUT2D eigenvalue weighted by molar-refractivity contribution is 5.41. The molecule has 0 radical (unpaired) electrons. The topological polar surface area (TPSA) is 101 Å². The zero-order chi connectivity index (χ0) is 10.8. The predicted molar refractivity (Wildman–Crippen MR) is 58.7 cm³/mol. The molecule has 0 saturated carbocycles. The third kappa shape index (κ3) is 2.27. The van der Waals surface area contributed by atoms with E-state index in [4.69, 9.17) is 11.5 Å². The summed E-state index contributed by atoms with van der Waals surface area (Å²) in [5.41, 5.74) is 11.1. The van der Waals surface area contributed by atoms with Gasteiger partial charge in [0, 0.05) is 25.2 Å². The van der Waals surface area contributed by atoms with E-state index in [9.17, 15) is 4.79 Å². The molecule has 6 heteroatoms. The van der Waals surface area contributed by atoms with E-state index in [0.717, 1.165) is 25.9 Å². The molecule has 2 heterocycles. The van der Waals surface area contributed by atoms with Crippen molar-refractivity contribution in [1.29, 1.82) is 0 Å². The maximum atomic E-state index is 11.2. The number of hydrogen-bond acceptors (Lipinski definition) is 5. The predicted octanol–water partition coefficient (Wildman–Crippen LogP) is -0.720. The van der Waals surface area contributed by atoms with Crippen LogP contribution in [0, 0.1) is 0 Å². The first-order chi connectivity index (χ1) is 7.15. The Labute approximate surface area is 87.3 Å². The lowest BCUT2D eigenvalue weighted by Crippen LogP contribution is -2.43. The molecule has 1 atom stereocenters. The molecule has 6 nitrogen and oxygen atoms in total. The van der Waals surface area contributed by atoms with Gasteiger partial charge in [-0.25, -0.2) is 0 Å².